The third kappa shape index (κ3) is 3.98. The third-order valence-electron chi connectivity index (χ3n) is 4.72. The monoisotopic (exact) mass is 416 g/mol. The number of benzene rings is 2. The Morgan fingerprint density at radius 3 is 2.21 bits per heavy atom. The van der Waals surface area contributed by atoms with Crippen molar-refractivity contribution in [3.63, 3.8) is 0 Å². The smallest absolute Gasteiger partial charge is 0.161 e. The lowest BCUT2D eigenvalue weighted by molar-refractivity contribution is 0.356. The van der Waals surface area contributed by atoms with Crippen molar-refractivity contribution in [2.24, 2.45) is 0 Å². The second-order valence-electron chi connectivity index (χ2n) is 6.33. The maximum absolute atomic E-state index is 5.49. The topological polar surface area (TPSA) is 44.2 Å². The van der Waals surface area contributed by atoms with Gasteiger partial charge in [0.2, 0.25) is 0 Å². The second-order valence-corrected chi connectivity index (χ2v) is 6.33. The van der Waals surface area contributed by atoms with Gasteiger partial charge >= 0.3 is 0 Å². The molecule has 4 aromatic rings. The third-order valence-corrected chi connectivity index (χ3v) is 4.72. The molecule has 0 amide bonds. The minimum absolute atomic E-state index is 0. The number of rotatable bonds is 4. The zero-order valence-electron chi connectivity index (χ0n) is 15.9. The molecule has 4 nitrogen and oxygen atoms in total. The van der Waals surface area contributed by atoms with Crippen LogP contribution >= 0.6 is 24.8 Å². The minimum Gasteiger partial charge on any atom is -0.493 e. The van der Waals surface area contributed by atoms with Crippen molar-refractivity contribution in [3.8, 4) is 11.5 Å². The van der Waals surface area contributed by atoms with Crippen LogP contribution in [0.1, 0.15) is 16.8 Å². The molecule has 146 valence electrons. The molecule has 2 aromatic carbocycles. The average molecular weight is 417 g/mol. The standard InChI is InChI=1S/C22H20N2O2.2ClH/c1-14-18-10-21(25-2)22(26-3)11-19(18)17(13-23-14)9-15-8-16-6-4-5-7-20(16)24-12-15;;/h4-8,10-13H,9H2,1-3H3;2*1H. The van der Waals surface area contributed by atoms with Gasteiger partial charge in [-0.15, -0.1) is 24.8 Å². The SMILES string of the molecule is COc1cc2c(Cc3cnc4ccccc4c3)cnc(C)c2cc1OC.Cl.Cl. The largest absolute Gasteiger partial charge is 0.493 e. The zero-order valence-corrected chi connectivity index (χ0v) is 17.6. The van der Waals surface area contributed by atoms with Crippen molar-refractivity contribution < 1.29 is 9.47 Å². The first kappa shape index (κ1) is 21.7. The molecule has 0 unspecified atom stereocenters. The lowest BCUT2D eigenvalue weighted by atomic mass is 9.99. The van der Waals surface area contributed by atoms with Crippen LogP contribution < -0.4 is 9.47 Å². The van der Waals surface area contributed by atoms with Gasteiger partial charge in [-0.25, -0.2) is 0 Å². The first-order valence-corrected chi connectivity index (χ1v) is 8.53. The Bertz CT molecular complexity index is 1120. The van der Waals surface area contributed by atoms with Gasteiger partial charge in [-0.05, 0) is 47.7 Å². The summed E-state index contributed by atoms with van der Waals surface area (Å²) in [6.07, 6.45) is 4.64. The molecule has 2 heterocycles. The summed E-state index contributed by atoms with van der Waals surface area (Å²) in [4.78, 5) is 9.15. The van der Waals surface area contributed by atoms with Gasteiger partial charge in [0, 0.05) is 35.3 Å². The normalized spacial score (nSPS) is 10.2. The number of halogens is 2. The van der Waals surface area contributed by atoms with E-state index >= 15 is 0 Å². The van der Waals surface area contributed by atoms with Gasteiger partial charge in [0.1, 0.15) is 0 Å². The van der Waals surface area contributed by atoms with E-state index in [1.54, 1.807) is 14.2 Å². The fourth-order valence-corrected chi connectivity index (χ4v) is 3.33. The van der Waals surface area contributed by atoms with Crippen LogP contribution in [0.5, 0.6) is 11.5 Å². The summed E-state index contributed by atoms with van der Waals surface area (Å²) in [7, 11) is 3.31. The Morgan fingerprint density at radius 2 is 1.50 bits per heavy atom. The van der Waals surface area contributed by atoms with E-state index in [4.69, 9.17) is 9.47 Å². The molecule has 2 aromatic heterocycles. The molecule has 0 fully saturated rings. The predicted molar refractivity (Wildman–Crippen MR) is 119 cm³/mol. The minimum atomic E-state index is 0. The van der Waals surface area contributed by atoms with Crippen molar-refractivity contribution in [2.45, 2.75) is 13.3 Å². The van der Waals surface area contributed by atoms with Crippen molar-refractivity contribution in [3.05, 3.63) is 71.7 Å². The maximum atomic E-state index is 5.49. The van der Waals surface area contributed by atoms with Crippen LogP contribution in [-0.2, 0) is 6.42 Å². The summed E-state index contributed by atoms with van der Waals surface area (Å²) in [5.74, 6) is 1.44. The first-order valence-electron chi connectivity index (χ1n) is 8.53. The molecule has 0 atom stereocenters. The van der Waals surface area contributed by atoms with Crippen LogP contribution in [0.15, 0.2) is 54.9 Å². The summed E-state index contributed by atoms with van der Waals surface area (Å²) in [5.41, 5.74) is 4.28. The van der Waals surface area contributed by atoms with Crippen LogP contribution in [0.25, 0.3) is 21.7 Å². The molecule has 0 radical (unpaired) electrons. The van der Waals surface area contributed by atoms with Gasteiger partial charge in [0.05, 0.1) is 19.7 Å². The molecular weight excluding hydrogens is 395 g/mol. The highest BCUT2D eigenvalue weighted by molar-refractivity contribution is 5.91. The average Bonchev–Trinajstić information content (AvgIpc) is 2.69. The molecule has 0 aliphatic rings. The number of ether oxygens (including phenoxy) is 2. The fourth-order valence-electron chi connectivity index (χ4n) is 3.33. The summed E-state index contributed by atoms with van der Waals surface area (Å²) in [6, 6.07) is 14.4. The molecule has 0 N–H and O–H groups in total. The number of aromatic nitrogens is 2. The lowest BCUT2D eigenvalue weighted by Gasteiger charge is -2.13. The highest BCUT2D eigenvalue weighted by atomic mass is 35.5. The molecule has 0 aliphatic heterocycles. The quantitative estimate of drug-likeness (QED) is 0.437. The van der Waals surface area contributed by atoms with Gasteiger partial charge in [-0.1, -0.05) is 18.2 Å². The maximum Gasteiger partial charge on any atom is 0.161 e. The van der Waals surface area contributed by atoms with Gasteiger partial charge < -0.3 is 9.47 Å². The van der Waals surface area contributed by atoms with Crippen molar-refractivity contribution >= 4 is 46.5 Å². The summed E-state index contributed by atoms with van der Waals surface area (Å²) in [5, 5.41) is 3.35. The van der Waals surface area contributed by atoms with Gasteiger partial charge in [-0.3, -0.25) is 9.97 Å². The Hall–Kier alpha value is -2.56. The molecule has 6 heteroatoms. The fraction of sp³-hybridized carbons (Fsp3) is 0.182. The van der Waals surface area contributed by atoms with Crippen molar-refractivity contribution in [2.75, 3.05) is 14.2 Å². The zero-order chi connectivity index (χ0) is 18.1. The number of nitrogens with zero attached hydrogens (tertiary/aromatic N) is 2. The van der Waals surface area contributed by atoms with Crippen molar-refractivity contribution in [1.29, 1.82) is 0 Å². The van der Waals surface area contributed by atoms with Gasteiger partial charge in [0.25, 0.3) is 0 Å². The number of aryl methyl sites for hydroxylation is 1. The molecule has 4 rings (SSSR count). The molecule has 0 saturated heterocycles. The van der Waals surface area contributed by atoms with E-state index in [1.807, 2.05) is 49.6 Å². The van der Waals surface area contributed by atoms with Crippen molar-refractivity contribution in [1.82, 2.24) is 9.97 Å². The molecular formula is C22H22Cl2N2O2. The van der Waals surface area contributed by atoms with Crippen LogP contribution in [0.2, 0.25) is 0 Å². The van der Waals surface area contributed by atoms with Gasteiger partial charge in [-0.2, -0.15) is 0 Å². The highest BCUT2D eigenvalue weighted by Gasteiger charge is 2.12. The van der Waals surface area contributed by atoms with Crippen LogP contribution in [0, 0.1) is 6.92 Å². The second kappa shape index (κ2) is 9.09. The highest BCUT2D eigenvalue weighted by Crippen LogP contribution is 2.35. The number of hydrogen-bond donors (Lipinski definition) is 0. The molecule has 0 bridgehead atoms. The Labute approximate surface area is 176 Å². The van der Waals surface area contributed by atoms with E-state index in [2.05, 4.69) is 22.1 Å². The van der Waals surface area contributed by atoms with E-state index in [9.17, 15) is 0 Å². The number of para-hydroxylation sites is 1. The van der Waals surface area contributed by atoms with E-state index in [0.717, 1.165) is 56.4 Å². The van der Waals surface area contributed by atoms with Crippen LogP contribution in [0.4, 0.5) is 0 Å². The number of pyridine rings is 2. The number of fused-ring (bicyclic) bond motifs is 2. The van der Waals surface area contributed by atoms with Crippen LogP contribution in [-0.4, -0.2) is 24.2 Å². The Kier molecular flexibility index (Phi) is 7.05. The Morgan fingerprint density at radius 1 is 0.821 bits per heavy atom. The van der Waals surface area contributed by atoms with E-state index < -0.39 is 0 Å². The van der Waals surface area contributed by atoms with Gasteiger partial charge in [0.15, 0.2) is 11.5 Å². The molecule has 0 aliphatic carbocycles. The number of hydrogen-bond acceptors (Lipinski definition) is 4. The molecule has 28 heavy (non-hydrogen) atoms. The van der Waals surface area contributed by atoms with Crippen LogP contribution in [0.3, 0.4) is 0 Å². The Balaban J connectivity index is 0.00000140. The van der Waals surface area contributed by atoms with E-state index in [0.29, 0.717) is 0 Å². The molecule has 0 spiro atoms. The van der Waals surface area contributed by atoms with E-state index in [-0.39, 0.29) is 24.8 Å². The predicted octanol–water partition coefficient (Wildman–Crippen LogP) is 5.54. The number of methoxy groups -OCH3 is 2. The molecule has 0 saturated carbocycles. The first-order chi connectivity index (χ1) is 12.7. The summed E-state index contributed by atoms with van der Waals surface area (Å²) >= 11 is 0. The van der Waals surface area contributed by atoms with E-state index in [1.165, 1.54) is 0 Å². The summed E-state index contributed by atoms with van der Waals surface area (Å²) < 4.78 is 10.9. The summed E-state index contributed by atoms with van der Waals surface area (Å²) in [6.45, 7) is 2.01. The lowest BCUT2D eigenvalue weighted by Crippen LogP contribution is -1.97.